The van der Waals surface area contributed by atoms with Crippen LogP contribution < -0.4 is 0 Å². The number of likely N-dealkylation sites (tertiary alicyclic amines) is 1. The number of fused-ring (bicyclic) bond motifs is 1. The molecule has 7 heteroatoms. The molecule has 2 heterocycles. The van der Waals surface area contributed by atoms with Crippen molar-refractivity contribution >= 4 is 29.5 Å². The molecule has 2 aliphatic heterocycles. The fourth-order valence-electron chi connectivity index (χ4n) is 4.22. The summed E-state index contributed by atoms with van der Waals surface area (Å²) in [6.45, 7) is 3.25. The summed E-state index contributed by atoms with van der Waals surface area (Å²) < 4.78 is 0. The Balaban J connectivity index is 1.23. The molecular formula is C21H27N3O3S. The summed E-state index contributed by atoms with van der Waals surface area (Å²) in [7, 11) is 0. The van der Waals surface area contributed by atoms with Crippen LogP contribution in [0.2, 0.25) is 0 Å². The summed E-state index contributed by atoms with van der Waals surface area (Å²) in [5.74, 6) is -0.283. The van der Waals surface area contributed by atoms with Gasteiger partial charge in [-0.25, -0.2) is 0 Å². The first-order chi connectivity index (χ1) is 13.6. The van der Waals surface area contributed by atoms with Gasteiger partial charge in [-0.05, 0) is 55.4 Å². The van der Waals surface area contributed by atoms with Crippen molar-refractivity contribution in [2.45, 2.75) is 37.0 Å². The Kier molecular flexibility index (Phi) is 5.90. The Morgan fingerprint density at radius 1 is 0.750 bits per heavy atom. The highest BCUT2D eigenvalue weighted by atomic mass is 32.2. The molecule has 2 saturated heterocycles. The fraction of sp³-hybridized carbons (Fsp3) is 0.571. The smallest absolute Gasteiger partial charge is 0.312 e. The number of carbonyl (C=O) groups is 3. The predicted molar refractivity (Wildman–Crippen MR) is 108 cm³/mol. The summed E-state index contributed by atoms with van der Waals surface area (Å²) in [5.41, 5.74) is 2.87. The third-order valence-electron chi connectivity index (χ3n) is 5.93. The second kappa shape index (κ2) is 8.55. The van der Waals surface area contributed by atoms with Crippen LogP contribution in [0.3, 0.4) is 0 Å². The number of piperazine rings is 1. The van der Waals surface area contributed by atoms with Crippen LogP contribution in [-0.4, -0.2) is 77.4 Å². The second-order valence-corrected chi connectivity index (χ2v) is 8.79. The predicted octanol–water partition coefficient (Wildman–Crippen LogP) is 1.56. The van der Waals surface area contributed by atoms with Crippen molar-refractivity contribution in [3.05, 3.63) is 29.3 Å². The van der Waals surface area contributed by atoms with Crippen molar-refractivity contribution in [3.63, 3.8) is 0 Å². The van der Waals surface area contributed by atoms with E-state index < -0.39 is 5.91 Å². The van der Waals surface area contributed by atoms with Gasteiger partial charge in [0.2, 0.25) is 5.91 Å². The van der Waals surface area contributed by atoms with E-state index in [1.54, 1.807) is 21.6 Å². The number of rotatable bonds is 3. The molecule has 0 radical (unpaired) electrons. The summed E-state index contributed by atoms with van der Waals surface area (Å²) in [6, 6.07) is 6.53. The van der Waals surface area contributed by atoms with E-state index in [4.69, 9.17) is 0 Å². The van der Waals surface area contributed by atoms with Crippen molar-refractivity contribution < 1.29 is 14.4 Å². The molecule has 0 N–H and O–H groups in total. The number of nitrogens with zero attached hydrogens (tertiary/aromatic N) is 3. The average molecular weight is 402 g/mol. The Bertz CT molecular complexity index is 768. The number of hydrogen-bond acceptors (Lipinski definition) is 4. The molecule has 0 bridgehead atoms. The summed E-state index contributed by atoms with van der Waals surface area (Å²) in [6.07, 6.45) is 5.49. The molecule has 0 spiro atoms. The first-order valence-electron chi connectivity index (χ1n) is 10.2. The Morgan fingerprint density at radius 3 is 2.07 bits per heavy atom. The Morgan fingerprint density at radius 2 is 1.36 bits per heavy atom. The van der Waals surface area contributed by atoms with Crippen LogP contribution in [-0.2, 0) is 27.2 Å². The molecule has 0 unspecified atom stereocenters. The highest BCUT2D eigenvalue weighted by Gasteiger charge is 2.31. The maximum absolute atomic E-state index is 12.6. The Hall–Kier alpha value is -2.02. The van der Waals surface area contributed by atoms with Gasteiger partial charge in [0.25, 0.3) is 0 Å². The minimum atomic E-state index is -0.415. The lowest BCUT2D eigenvalue weighted by atomic mass is 10.1. The zero-order valence-corrected chi connectivity index (χ0v) is 17.0. The molecule has 150 valence electrons. The number of amides is 3. The van der Waals surface area contributed by atoms with Crippen LogP contribution in [0.1, 0.15) is 30.4 Å². The normalized spacial score (nSPS) is 19.1. The number of benzene rings is 1. The van der Waals surface area contributed by atoms with Crippen molar-refractivity contribution in [2.24, 2.45) is 0 Å². The van der Waals surface area contributed by atoms with Gasteiger partial charge in [-0.3, -0.25) is 14.4 Å². The third kappa shape index (κ3) is 4.19. The van der Waals surface area contributed by atoms with Gasteiger partial charge in [-0.15, -0.1) is 11.8 Å². The molecule has 0 saturated carbocycles. The van der Waals surface area contributed by atoms with Gasteiger partial charge in [-0.2, -0.15) is 0 Å². The van der Waals surface area contributed by atoms with E-state index in [1.165, 1.54) is 24.0 Å². The van der Waals surface area contributed by atoms with E-state index in [0.29, 0.717) is 45.0 Å². The van der Waals surface area contributed by atoms with Crippen LogP contribution in [0, 0.1) is 0 Å². The van der Waals surface area contributed by atoms with Crippen molar-refractivity contribution in [2.75, 3.05) is 45.0 Å². The zero-order chi connectivity index (χ0) is 19.5. The van der Waals surface area contributed by atoms with Gasteiger partial charge in [0.05, 0.1) is 5.75 Å². The van der Waals surface area contributed by atoms with Gasteiger partial charge in [-0.1, -0.05) is 6.07 Å². The van der Waals surface area contributed by atoms with E-state index >= 15 is 0 Å². The monoisotopic (exact) mass is 401 g/mol. The van der Waals surface area contributed by atoms with Gasteiger partial charge in [0.15, 0.2) is 0 Å². The number of aryl methyl sites for hydroxylation is 2. The summed E-state index contributed by atoms with van der Waals surface area (Å²) in [5, 5.41) is 0. The molecule has 1 aromatic carbocycles. The molecular weight excluding hydrogens is 374 g/mol. The van der Waals surface area contributed by atoms with Crippen molar-refractivity contribution in [1.29, 1.82) is 0 Å². The van der Waals surface area contributed by atoms with Gasteiger partial charge >= 0.3 is 11.8 Å². The maximum atomic E-state index is 12.6. The molecule has 28 heavy (non-hydrogen) atoms. The zero-order valence-electron chi connectivity index (χ0n) is 16.2. The number of thioether (sulfide) groups is 1. The van der Waals surface area contributed by atoms with E-state index in [1.807, 2.05) is 4.90 Å². The summed E-state index contributed by atoms with van der Waals surface area (Å²) >= 11 is 1.58. The van der Waals surface area contributed by atoms with Gasteiger partial charge in [0, 0.05) is 44.2 Å². The van der Waals surface area contributed by atoms with E-state index in [2.05, 4.69) is 18.2 Å². The molecule has 0 aromatic heterocycles. The third-order valence-corrected chi connectivity index (χ3v) is 6.91. The largest absolute Gasteiger partial charge is 0.338 e. The standard InChI is InChI=1S/C21H27N3O3S/c25-19(15-28-18-7-6-16-4-3-5-17(16)14-18)22-10-12-24(13-11-22)21(27)20(26)23-8-1-2-9-23/h6-7,14H,1-5,8-13,15H2. The highest BCUT2D eigenvalue weighted by Crippen LogP contribution is 2.27. The van der Waals surface area contributed by atoms with E-state index in [0.717, 1.165) is 24.2 Å². The maximum Gasteiger partial charge on any atom is 0.312 e. The topological polar surface area (TPSA) is 60.9 Å². The minimum absolute atomic E-state index is 0.100. The van der Waals surface area contributed by atoms with Crippen LogP contribution in [0.5, 0.6) is 0 Å². The van der Waals surface area contributed by atoms with Gasteiger partial charge in [0.1, 0.15) is 0 Å². The molecule has 1 aromatic rings. The van der Waals surface area contributed by atoms with Crippen LogP contribution in [0.25, 0.3) is 0 Å². The average Bonchev–Trinajstić information content (AvgIpc) is 3.42. The SMILES string of the molecule is O=C(CSc1ccc2c(c1)CCC2)N1CCN(C(=O)C(=O)N2CCCC2)CC1. The van der Waals surface area contributed by atoms with Crippen LogP contribution in [0.4, 0.5) is 0 Å². The highest BCUT2D eigenvalue weighted by molar-refractivity contribution is 8.00. The lowest BCUT2D eigenvalue weighted by Gasteiger charge is -2.35. The molecule has 3 aliphatic rings. The number of carbonyl (C=O) groups excluding carboxylic acids is 3. The molecule has 4 rings (SSSR count). The summed E-state index contributed by atoms with van der Waals surface area (Å²) in [4.78, 5) is 43.4. The molecule has 0 atom stereocenters. The molecule has 1 aliphatic carbocycles. The molecule has 6 nitrogen and oxygen atoms in total. The van der Waals surface area contributed by atoms with Crippen LogP contribution >= 0.6 is 11.8 Å². The first kappa shape index (κ1) is 19.3. The lowest BCUT2D eigenvalue weighted by Crippen LogP contribution is -2.54. The Labute approximate surface area is 170 Å². The molecule has 2 fully saturated rings. The van der Waals surface area contributed by atoms with E-state index in [-0.39, 0.29) is 11.8 Å². The van der Waals surface area contributed by atoms with Crippen molar-refractivity contribution in [1.82, 2.24) is 14.7 Å². The van der Waals surface area contributed by atoms with Gasteiger partial charge < -0.3 is 14.7 Å². The molecule has 3 amide bonds. The first-order valence-corrected chi connectivity index (χ1v) is 11.2. The minimum Gasteiger partial charge on any atom is -0.338 e. The number of hydrogen-bond donors (Lipinski definition) is 0. The lowest BCUT2D eigenvalue weighted by molar-refractivity contribution is -0.152. The quantitative estimate of drug-likeness (QED) is 0.570. The van der Waals surface area contributed by atoms with Crippen LogP contribution in [0.15, 0.2) is 23.1 Å². The van der Waals surface area contributed by atoms with Crippen molar-refractivity contribution in [3.8, 4) is 0 Å². The fourth-order valence-corrected chi connectivity index (χ4v) is 5.09. The second-order valence-electron chi connectivity index (χ2n) is 7.75. The van der Waals surface area contributed by atoms with E-state index in [9.17, 15) is 14.4 Å².